The van der Waals surface area contributed by atoms with E-state index in [9.17, 15) is 4.79 Å². The van der Waals surface area contributed by atoms with Crippen LogP contribution in [-0.4, -0.2) is 18.4 Å². The number of carbonyl (C=O) groups excluding carboxylic acids is 1. The number of rotatable bonds is 0. The fourth-order valence-electron chi connectivity index (χ4n) is 2.80. The van der Waals surface area contributed by atoms with E-state index in [0.29, 0.717) is 11.8 Å². The van der Waals surface area contributed by atoms with Gasteiger partial charge in [0.1, 0.15) is 0 Å². The Morgan fingerprint density at radius 1 is 1.40 bits per heavy atom. The smallest absolute Gasteiger partial charge is 0.167 e. The van der Waals surface area contributed by atoms with Crippen LogP contribution in [0.1, 0.15) is 35.2 Å². The first-order valence-electron chi connectivity index (χ1n) is 5.66. The maximum Gasteiger partial charge on any atom is 0.167 e. The van der Waals surface area contributed by atoms with Crippen molar-refractivity contribution in [2.75, 3.05) is 11.4 Å². The molecule has 1 unspecified atom stereocenters. The van der Waals surface area contributed by atoms with Crippen LogP contribution in [-0.2, 0) is 0 Å². The Morgan fingerprint density at radius 2 is 2.27 bits per heavy atom. The number of nitrogens with zero attached hydrogens (tertiary/aromatic N) is 1. The molecule has 1 saturated heterocycles. The topological polar surface area (TPSA) is 20.3 Å². The lowest BCUT2D eigenvalue weighted by atomic mass is 9.94. The number of hydrogen-bond donors (Lipinski definition) is 0. The molecule has 2 aliphatic rings. The highest BCUT2D eigenvalue weighted by molar-refractivity contribution is 6.04. The number of ketones is 1. The van der Waals surface area contributed by atoms with Crippen molar-refractivity contribution < 1.29 is 4.79 Å². The molecule has 1 aromatic rings. The molecular formula is C13H15NO. The number of benzene rings is 1. The SMILES string of the molecule is Cc1ccc2c(c1)N1CCCC1CC2=O. The van der Waals surface area contributed by atoms with E-state index < -0.39 is 0 Å². The standard InChI is InChI=1S/C13H15NO/c1-9-4-5-11-12(7-9)14-6-2-3-10(14)8-13(11)15/h4-5,7,10H,2-3,6,8H2,1H3. The van der Waals surface area contributed by atoms with Crippen molar-refractivity contribution in [3.8, 4) is 0 Å². The zero-order chi connectivity index (χ0) is 10.4. The monoisotopic (exact) mass is 201 g/mol. The molecule has 3 rings (SSSR count). The van der Waals surface area contributed by atoms with Crippen LogP contribution in [0.5, 0.6) is 0 Å². The van der Waals surface area contributed by atoms with Crippen LogP contribution < -0.4 is 4.90 Å². The molecule has 15 heavy (non-hydrogen) atoms. The Hall–Kier alpha value is -1.31. The van der Waals surface area contributed by atoms with Crippen molar-refractivity contribution in [3.63, 3.8) is 0 Å². The molecule has 2 heteroatoms. The summed E-state index contributed by atoms with van der Waals surface area (Å²) >= 11 is 0. The molecule has 0 aliphatic carbocycles. The van der Waals surface area contributed by atoms with Crippen LogP contribution in [0.3, 0.4) is 0 Å². The second-order valence-electron chi connectivity index (χ2n) is 4.64. The zero-order valence-corrected chi connectivity index (χ0v) is 8.99. The Kier molecular flexibility index (Phi) is 1.84. The first-order valence-corrected chi connectivity index (χ1v) is 5.66. The Balaban J connectivity index is 2.15. The van der Waals surface area contributed by atoms with Gasteiger partial charge in [-0.1, -0.05) is 6.07 Å². The van der Waals surface area contributed by atoms with Gasteiger partial charge in [-0.3, -0.25) is 4.79 Å². The van der Waals surface area contributed by atoms with E-state index in [1.807, 2.05) is 12.1 Å². The van der Waals surface area contributed by atoms with Gasteiger partial charge in [0.05, 0.1) is 0 Å². The van der Waals surface area contributed by atoms with Gasteiger partial charge < -0.3 is 4.90 Å². The summed E-state index contributed by atoms with van der Waals surface area (Å²) in [5, 5.41) is 0. The number of hydrogen-bond acceptors (Lipinski definition) is 2. The van der Waals surface area contributed by atoms with Crippen LogP contribution in [0.2, 0.25) is 0 Å². The molecule has 0 amide bonds. The molecule has 2 aliphatic heterocycles. The maximum absolute atomic E-state index is 11.9. The third-order valence-electron chi connectivity index (χ3n) is 3.56. The summed E-state index contributed by atoms with van der Waals surface area (Å²) in [6.45, 7) is 3.21. The molecule has 1 fully saturated rings. The van der Waals surface area contributed by atoms with Gasteiger partial charge in [0.2, 0.25) is 0 Å². The minimum absolute atomic E-state index is 0.327. The molecule has 0 bridgehead atoms. The minimum atomic E-state index is 0.327. The van der Waals surface area contributed by atoms with E-state index in [1.165, 1.54) is 24.1 Å². The van der Waals surface area contributed by atoms with Gasteiger partial charge in [0.15, 0.2) is 5.78 Å². The summed E-state index contributed by atoms with van der Waals surface area (Å²) in [7, 11) is 0. The zero-order valence-electron chi connectivity index (χ0n) is 8.99. The molecule has 2 nitrogen and oxygen atoms in total. The number of anilines is 1. The van der Waals surface area contributed by atoms with Gasteiger partial charge >= 0.3 is 0 Å². The molecule has 78 valence electrons. The normalized spacial score (nSPS) is 23.9. The highest BCUT2D eigenvalue weighted by Crippen LogP contribution is 2.36. The lowest BCUT2D eigenvalue weighted by Gasteiger charge is -2.32. The quantitative estimate of drug-likeness (QED) is 0.643. The predicted octanol–water partition coefficient (Wildman–Crippen LogP) is 2.55. The summed E-state index contributed by atoms with van der Waals surface area (Å²) in [4.78, 5) is 14.3. The molecule has 0 N–H and O–H groups in total. The van der Waals surface area contributed by atoms with Gasteiger partial charge in [-0.05, 0) is 37.5 Å². The average molecular weight is 201 g/mol. The molecular weight excluding hydrogens is 186 g/mol. The van der Waals surface area contributed by atoms with E-state index in [1.54, 1.807) is 0 Å². The van der Waals surface area contributed by atoms with Crippen molar-refractivity contribution >= 4 is 11.5 Å². The van der Waals surface area contributed by atoms with Gasteiger partial charge in [-0.2, -0.15) is 0 Å². The molecule has 0 radical (unpaired) electrons. The van der Waals surface area contributed by atoms with E-state index in [-0.39, 0.29) is 0 Å². The van der Waals surface area contributed by atoms with Gasteiger partial charge in [-0.15, -0.1) is 0 Å². The summed E-state index contributed by atoms with van der Waals surface area (Å²) in [5.41, 5.74) is 3.35. The van der Waals surface area contributed by atoms with E-state index in [0.717, 1.165) is 18.5 Å². The first-order chi connectivity index (χ1) is 7.25. The van der Waals surface area contributed by atoms with Crippen molar-refractivity contribution in [1.29, 1.82) is 0 Å². The van der Waals surface area contributed by atoms with Crippen LogP contribution in [0.15, 0.2) is 18.2 Å². The van der Waals surface area contributed by atoms with Crippen LogP contribution in [0, 0.1) is 6.92 Å². The fourth-order valence-corrected chi connectivity index (χ4v) is 2.80. The molecule has 1 atom stereocenters. The van der Waals surface area contributed by atoms with Crippen molar-refractivity contribution in [1.82, 2.24) is 0 Å². The second kappa shape index (κ2) is 3.09. The molecule has 0 spiro atoms. The lowest BCUT2D eigenvalue weighted by Crippen LogP contribution is -2.36. The second-order valence-corrected chi connectivity index (χ2v) is 4.64. The van der Waals surface area contributed by atoms with Crippen LogP contribution >= 0.6 is 0 Å². The largest absolute Gasteiger partial charge is 0.367 e. The van der Waals surface area contributed by atoms with Gasteiger partial charge in [0, 0.05) is 30.3 Å². The maximum atomic E-state index is 11.9. The van der Waals surface area contributed by atoms with Gasteiger partial charge in [-0.25, -0.2) is 0 Å². The van der Waals surface area contributed by atoms with Crippen molar-refractivity contribution in [3.05, 3.63) is 29.3 Å². The van der Waals surface area contributed by atoms with Crippen LogP contribution in [0.25, 0.3) is 0 Å². The number of Topliss-reactive ketones (excluding diaryl/α,β-unsaturated/α-hetero) is 1. The lowest BCUT2D eigenvalue weighted by molar-refractivity contribution is 0.0969. The minimum Gasteiger partial charge on any atom is -0.367 e. The molecule has 2 heterocycles. The Morgan fingerprint density at radius 3 is 3.13 bits per heavy atom. The molecule has 0 aromatic heterocycles. The van der Waals surface area contributed by atoms with E-state index >= 15 is 0 Å². The first kappa shape index (κ1) is 8.96. The van der Waals surface area contributed by atoms with E-state index in [4.69, 9.17) is 0 Å². The van der Waals surface area contributed by atoms with Gasteiger partial charge in [0.25, 0.3) is 0 Å². The van der Waals surface area contributed by atoms with Crippen molar-refractivity contribution in [2.45, 2.75) is 32.2 Å². The average Bonchev–Trinajstić information content (AvgIpc) is 2.65. The third kappa shape index (κ3) is 1.28. The number of fused-ring (bicyclic) bond motifs is 3. The Labute approximate surface area is 89.9 Å². The number of aryl methyl sites for hydroxylation is 1. The third-order valence-corrected chi connectivity index (χ3v) is 3.56. The number of carbonyl (C=O) groups is 1. The molecule has 1 aromatic carbocycles. The summed E-state index contributed by atoms with van der Waals surface area (Å²) in [6, 6.07) is 6.66. The van der Waals surface area contributed by atoms with Crippen LogP contribution in [0.4, 0.5) is 5.69 Å². The Bertz CT molecular complexity index is 425. The summed E-state index contributed by atoms with van der Waals surface area (Å²) in [5.74, 6) is 0.327. The van der Waals surface area contributed by atoms with Crippen molar-refractivity contribution in [2.24, 2.45) is 0 Å². The fraction of sp³-hybridized carbons (Fsp3) is 0.462. The molecule has 0 saturated carbocycles. The highest BCUT2D eigenvalue weighted by Gasteiger charge is 2.34. The predicted molar refractivity (Wildman–Crippen MR) is 60.5 cm³/mol. The summed E-state index contributed by atoms with van der Waals surface area (Å²) < 4.78 is 0. The highest BCUT2D eigenvalue weighted by atomic mass is 16.1. The van der Waals surface area contributed by atoms with E-state index in [2.05, 4.69) is 17.9 Å². The summed E-state index contributed by atoms with van der Waals surface area (Å²) in [6.07, 6.45) is 3.13.